The van der Waals surface area contributed by atoms with E-state index in [2.05, 4.69) is 11.9 Å². The second-order valence-corrected chi connectivity index (χ2v) is 3.47. The Morgan fingerprint density at radius 2 is 2.47 bits per heavy atom. The highest BCUT2D eigenvalue weighted by Crippen LogP contribution is 2.21. The van der Waals surface area contributed by atoms with Crippen molar-refractivity contribution in [2.45, 2.75) is 26.0 Å². The van der Waals surface area contributed by atoms with Crippen LogP contribution < -0.4 is 0 Å². The molecule has 0 saturated heterocycles. The molecule has 0 aliphatic rings. The van der Waals surface area contributed by atoms with Gasteiger partial charge in [0.05, 0.1) is 30.7 Å². The third kappa shape index (κ3) is 1.94. The summed E-state index contributed by atoms with van der Waals surface area (Å²) in [6.07, 6.45) is 6.89. The van der Waals surface area contributed by atoms with Gasteiger partial charge >= 0.3 is 0 Å². The molecule has 80 valence electrons. The van der Waals surface area contributed by atoms with Crippen LogP contribution in [0.5, 0.6) is 0 Å². The first kappa shape index (κ1) is 9.98. The van der Waals surface area contributed by atoms with Crippen molar-refractivity contribution in [3.63, 3.8) is 0 Å². The third-order valence-electron chi connectivity index (χ3n) is 2.35. The van der Waals surface area contributed by atoms with Crippen molar-refractivity contribution >= 4 is 0 Å². The standard InChI is InChI=1S/C11H14N2O2/c1-2-4-13-8-12-6-10(13)11(14)9-3-5-15-7-9/h3,5-8,11,14H,2,4H2,1H3. The van der Waals surface area contributed by atoms with E-state index < -0.39 is 6.10 Å². The minimum Gasteiger partial charge on any atom is -0.472 e. The molecule has 0 amide bonds. The Bertz CT molecular complexity index is 406. The van der Waals surface area contributed by atoms with Gasteiger partial charge in [0, 0.05) is 12.1 Å². The molecule has 0 fully saturated rings. The molecule has 0 spiro atoms. The predicted octanol–water partition coefficient (Wildman–Crippen LogP) is 1.97. The van der Waals surface area contributed by atoms with Crippen molar-refractivity contribution < 1.29 is 9.52 Å². The summed E-state index contributed by atoms with van der Waals surface area (Å²) in [6.45, 7) is 2.96. The van der Waals surface area contributed by atoms with Crippen LogP contribution in [0.4, 0.5) is 0 Å². The molecule has 1 unspecified atom stereocenters. The first-order valence-corrected chi connectivity index (χ1v) is 5.03. The number of rotatable bonds is 4. The summed E-state index contributed by atoms with van der Waals surface area (Å²) < 4.78 is 6.90. The Morgan fingerprint density at radius 1 is 1.60 bits per heavy atom. The summed E-state index contributed by atoms with van der Waals surface area (Å²) >= 11 is 0. The van der Waals surface area contributed by atoms with Crippen LogP contribution in [0.2, 0.25) is 0 Å². The van der Waals surface area contributed by atoms with E-state index in [9.17, 15) is 5.11 Å². The molecule has 2 aromatic rings. The molecule has 0 saturated carbocycles. The molecule has 2 heterocycles. The lowest BCUT2D eigenvalue weighted by molar-refractivity contribution is 0.208. The first-order valence-electron chi connectivity index (χ1n) is 5.03. The van der Waals surface area contributed by atoms with E-state index in [1.54, 1.807) is 31.1 Å². The van der Waals surface area contributed by atoms with Crippen LogP contribution in [0, 0.1) is 0 Å². The van der Waals surface area contributed by atoms with Crippen LogP contribution in [-0.2, 0) is 6.54 Å². The number of aliphatic hydroxyl groups excluding tert-OH is 1. The topological polar surface area (TPSA) is 51.2 Å². The summed E-state index contributed by atoms with van der Waals surface area (Å²) in [4.78, 5) is 4.04. The average molecular weight is 206 g/mol. The van der Waals surface area contributed by atoms with Gasteiger partial charge < -0.3 is 14.1 Å². The van der Waals surface area contributed by atoms with Gasteiger partial charge in [0.1, 0.15) is 6.10 Å². The molecule has 0 radical (unpaired) electrons. The molecule has 4 heteroatoms. The quantitative estimate of drug-likeness (QED) is 0.832. The van der Waals surface area contributed by atoms with E-state index in [1.165, 1.54) is 0 Å². The highest BCUT2D eigenvalue weighted by molar-refractivity contribution is 5.20. The number of furan rings is 1. The molecule has 1 N–H and O–H groups in total. The molecule has 2 aromatic heterocycles. The maximum absolute atomic E-state index is 10.1. The van der Waals surface area contributed by atoms with Crippen molar-refractivity contribution in [3.05, 3.63) is 42.4 Å². The zero-order chi connectivity index (χ0) is 10.7. The molecular formula is C11H14N2O2. The van der Waals surface area contributed by atoms with Gasteiger partial charge in [0.2, 0.25) is 0 Å². The molecule has 0 bridgehead atoms. The van der Waals surface area contributed by atoms with E-state index in [4.69, 9.17) is 4.42 Å². The van der Waals surface area contributed by atoms with Crippen molar-refractivity contribution in [3.8, 4) is 0 Å². The summed E-state index contributed by atoms with van der Waals surface area (Å²) in [6, 6.07) is 1.76. The van der Waals surface area contributed by atoms with Crippen molar-refractivity contribution in [1.29, 1.82) is 0 Å². The summed E-state index contributed by atoms with van der Waals surface area (Å²) in [5.41, 5.74) is 1.56. The zero-order valence-electron chi connectivity index (χ0n) is 8.63. The molecule has 2 rings (SSSR count). The van der Waals surface area contributed by atoms with Crippen LogP contribution in [0.1, 0.15) is 30.7 Å². The van der Waals surface area contributed by atoms with Gasteiger partial charge in [0.25, 0.3) is 0 Å². The Morgan fingerprint density at radius 3 is 3.13 bits per heavy atom. The van der Waals surface area contributed by atoms with Gasteiger partial charge in [0.15, 0.2) is 0 Å². The number of hydrogen-bond acceptors (Lipinski definition) is 3. The van der Waals surface area contributed by atoms with Crippen molar-refractivity contribution in [1.82, 2.24) is 9.55 Å². The molecule has 0 aliphatic heterocycles. The van der Waals surface area contributed by atoms with Crippen LogP contribution >= 0.6 is 0 Å². The van der Waals surface area contributed by atoms with Gasteiger partial charge in [-0.1, -0.05) is 6.92 Å². The highest BCUT2D eigenvalue weighted by atomic mass is 16.3. The number of aliphatic hydroxyl groups is 1. The van der Waals surface area contributed by atoms with Gasteiger partial charge in [-0.05, 0) is 12.5 Å². The fraction of sp³-hybridized carbons (Fsp3) is 0.364. The van der Waals surface area contributed by atoms with Crippen molar-refractivity contribution in [2.75, 3.05) is 0 Å². The lowest BCUT2D eigenvalue weighted by Gasteiger charge is -2.11. The number of hydrogen-bond donors (Lipinski definition) is 1. The number of aryl methyl sites for hydroxylation is 1. The molecule has 0 aromatic carbocycles. The van der Waals surface area contributed by atoms with Gasteiger partial charge in [-0.3, -0.25) is 0 Å². The predicted molar refractivity (Wildman–Crippen MR) is 55.3 cm³/mol. The fourth-order valence-corrected chi connectivity index (χ4v) is 1.59. The maximum atomic E-state index is 10.1. The Balaban J connectivity index is 2.25. The third-order valence-corrected chi connectivity index (χ3v) is 2.35. The fourth-order valence-electron chi connectivity index (χ4n) is 1.59. The number of nitrogens with zero attached hydrogens (tertiary/aromatic N) is 2. The SMILES string of the molecule is CCCn1cncc1C(O)c1ccoc1. The zero-order valence-corrected chi connectivity index (χ0v) is 8.63. The Hall–Kier alpha value is -1.55. The first-order chi connectivity index (χ1) is 7.33. The van der Waals surface area contributed by atoms with Gasteiger partial charge in [-0.2, -0.15) is 0 Å². The normalized spacial score (nSPS) is 12.9. The lowest BCUT2D eigenvalue weighted by atomic mass is 10.1. The van der Waals surface area contributed by atoms with Crippen molar-refractivity contribution in [2.24, 2.45) is 0 Å². The molecule has 1 atom stereocenters. The Kier molecular flexibility index (Phi) is 2.87. The van der Waals surface area contributed by atoms with E-state index in [0.717, 1.165) is 24.2 Å². The lowest BCUT2D eigenvalue weighted by Crippen LogP contribution is -2.07. The minimum absolute atomic E-state index is 0.655. The maximum Gasteiger partial charge on any atom is 0.124 e. The summed E-state index contributed by atoms with van der Waals surface area (Å²) in [7, 11) is 0. The number of aromatic nitrogens is 2. The minimum atomic E-state index is -0.655. The molecular weight excluding hydrogens is 192 g/mol. The van der Waals surface area contributed by atoms with Gasteiger partial charge in [-0.15, -0.1) is 0 Å². The molecule has 4 nitrogen and oxygen atoms in total. The molecule has 15 heavy (non-hydrogen) atoms. The summed E-state index contributed by atoms with van der Waals surface area (Å²) in [5, 5.41) is 10.1. The number of imidazole rings is 1. The average Bonchev–Trinajstić information content (AvgIpc) is 2.87. The smallest absolute Gasteiger partial charge is 0.124 e. The van der Waals surface area contributed by atoms with E-state index in [-0.39, 0.29) is 0 Å². The van der Waals surface area contributed by atoms with E-state index in [0.29, 0.717) is 0 Å². The van der Waals surface area contributed by atoms with Crippen LogP contribution in [0.25, 0.3) is 0 Å². The highest BCUT2D eigenvalue weighted by Gasteiger charge is 2.15. The van der Waals surface area contributed by atoms with Crippen LogP contribution in [0.15, 0.2) is 35.5 Å². The van der Waals surface area contributed by atoms with Gasteiger partial charge in [-0.25, -0.2) is 4.98 Å². The monoisotopic (exact) mass is 206 g/mol. The van der Waals surface area contributed by atoms with E-state index in [1.807, 2.05) is 4.57 Å². The second kappa shape index (κ2) is 4.31. The molecule has 0 aliphatic carbocycles. The van der Waals surface area contributed by atoms with Crippen LogP contribution in [-0.4, -0.2) is 14.7 Å². The van der Waals surface area contributed by atoms with E-state index >= 15 is 0 Å². The summed E-state index contributed by atoms with van der Waals surface area (Å²) in [5.74, 6) is 0. The van der Waals surface area contributed by atoms with Crippen LogP contribution in [0.3, 0.4) is 0 Å². The largest absolute Gasteiger partial charge is 0.472 e. The Labute approximate surface area is 88.2 Å². The second-order valence-electron chi connectivity index (χ2n) is 3.47.